The first kappa shape index (κ1) is 10.0. The Morgan fingerprint density at radius 1 is 1.42 bits per heavy atom. The molecule has 2 nitrogen and oxygen atoms in total. The number of aliphatic hydroxyl groups excluding tert-OH is 1. The van der Waals surface area contributed by atoms with Gasteiger partial charge in [0.15, 0.2) is 0 Å². The van der Waals surface area contributed by atoms with Crippen molar-refractivity contribution in [3.63, 3.8) is 0 Å². The molecule has 0 amide bonds. The number of rotatable bonds is 5. The predicted octanol–water partition coefficient (Wildman–Crippen LogP) is 1.63. The summed E-state index contributed by atoms with van der Waals surface area (Å²) in [7, 11) is 0. The number of likely N-dealkylation sites (N-methyl/N-ethyl adjacent to an activating group) is 1. The first-order valence-corrected chi connectivity index (χ1v) is 5.14. The monoisotopic (exact) mass is 171 g/mol. The van der Waals surface area contributed by atoms with Crippen LogP contribution in [0.25, 0.3) is 0 Å². The maximum absolute atomic E-state index is 9.66. The van der Waals surface area contributed by atoms with E-state index >= 15 is 0 Å². The van der Waals surface area contributed by atoms with E-state index in [1.165, 1.54) is 12.8 Å². The summed E-state index contributed by atoms with van der Waals surface area (Å²) in [5.74, 6) is 0. The van der Waals surface area contributed by atoms with E-state index in [0.29, 0.717) is 6.04 Å². The fraction of sp³-hybridized carbons (Fsp3) is 1.00. The molecular formula is C10H21NO. The first-order chi connectivity index (χ1) is 5.70. The van der Waals surface area contributed by atoms with Gasteiger partial charge in [0.25, 0.3) is 0 Å². The quantitative estimate of drug-likeness (QED) is 0.679. The SMILES string of the molecule is CCC(O)C(C)N(CC)C1CC1. The Hall–Kier alpha value is -0.0800. The van der Waals surface area contributed by atoms with Crippen LogP contribution in [0.15, 0.2) is 0 Å². The molecule has 2 unspecified atom stereocenters. The van der Waals surface area contributed by atoms with Gasteiger partial charge in [0.1, 0.15) is 0 Å². The van der Waals surface area contributed by atoms with Gasteiger partial charge in [0, 0.05) is 12.1 Å². The van der Waals surface area contributed by atoms with Crippen molar-refractivity contribution in [2.45, 2.75) is 58.2 Å². The van der Waals surface area contributed by atoms with Crippen LogP contribution >= 0.6 is 0 Å². The molecule has 0 aromatic rings. The lowest BCUT2D eigenvalue weighted by Crippen LogP contribution is -2.42. The molecule has 12 heavy (non-hydrogen) atoms. The molecule has 0 radical (unpaired) electrons. The molecule has 1 aliphatic carbocycles. The van der Waals surface area contributed by atoms with Crippen LogP contribution in [0.5, 0.6) is 0 Å². The van der Waals surface area contributed by atoms with Crippen LogP contribution < -0.4 is 0 Å². The van der Waals surface area contributed by atoms with Gasteiger partial charge in [0.05, 0.1) is 6.10 Å². The van der Waals surface area contributed by atoms with Gasteiger partial charge in [0.2, 0.25) is 0 Å². The Morgan fingerprint density at radius 2 is 2.00 bits per heavy atom. The minimum absolute atomic E-state index is 0.148. The molecule has 0 aliphatic heterocycles. The molecule has 1 N–H and O–H groups in total. The van der Waals surface area contributed by atoms with Gasteiger partial charge in [-0.2, -0.15) is 0 Å². The number of hydrogen-bond donors (Lipinski definition) is 1. The smallest absolute Gasteiger partial charge is 0.0690 e. The van der Waals surface area contributed by atoms with E-state index in [4.69, 9.17) is 0 Å². The number of aliphatic hydroxyl groups is 1. The average Bonchev–Trinajstić information content (AvgIpc) is 2.88. The molecule has 1 fully saturated rings. The molecule has 2 heteroatoms. The van der Waals surface area contributed by atoms with Crippen molar-refractivity contribution in [1.29, 1.82) is 0 Å². The highest BCUT2D eigenvalue weighted by Gasteiger charge is 2.32. The molecule has 1 rings (SSSR count). The summed E-state index contributed by atoms with van der Waals surface area (Å²) in [6.45, 7) is 7.43. The molecule has 0 heterocycles. The summed E-state index contributed by atoms with van der Waals surface area (Å²) in [5.41, 5.74) is 0. The van der Waals surface area contributed by atoms with E-state index in [1.54, 1.807) is 0 Å². The highest BCUT2D eigenvalue weighted by atomic mass is 16.3. The second kappa shape index (κ2) is 4.24. The van der Waals surface area contributed by atoms with Crippen LogP contribution in [0, 0.1) is 0 Å². The van der Waals surface area contributed by atoms with Crippen LogP contribution in [0.2, 0.25) is 0 Å². The summed E-state index contributed by atoms with van der Waals surface area (Å²) in [4.78, 5) is 2.42. The maximum Gasteiger partial charge on any atom is 0.0690 e. The van der Waals surface area contributed by atoms with Crippen LogP contribution in [0.3, 0.4) is 0 Å². The lowest BCUT2D eigenvalue weighted by atomic mass is 10.1. The van der Waals surface area contributed by atoms with Crippen molar-refractivity contribution in [3.8, 4) is 0 Å². The zero-order chi connectivity index (χ0) is 9.14. The Bertz CT molecular complexity index is 134. The van der Waals surface area contributed by atoms with Gasteiger partial charge in [-0.05, 0) is 32.7 Å². The molecule has 0 aromatic carbocycles. The van der Waals surface area contributed by atoms with E-state index in [9.17, 15) is 5.11 Å². The highest BCUT2D eigenvalue weighted by molar-refractivity contribution is 4.88. The topological polar surface area (TPSA) is 23.5 Å². The van der Waals surface area contributed by atoms with Crippen molar-refractivity contribution in [3.05, 3.63) is 0 Å². The maximum atomic E-state index is 9.66. The summed E-state index contributed by atoms with van der Waals surface area (Å²) >= 11 is 0. The van der Waals surface area contributed by atoms with Crippen LogP contribution in [-0.2, 0) is 0 Å². The van der Waals surface area contributed by atoms with Crippen molar-refractivity contribution >= 4 is 0 Å². The van der Waals surface area contributed by atoms with E-state index in [0.717, 1.165) is 19.0 Å². The largest absolute Gasteiger partial charge is 0.392 e. The Balaban J connectivity index is 2.40. The number of nitrogens with zero attached hydrogens (tertiary/aromatic N) is 1. The zero-order valence-corrected chi connectivity index (χ0v) is 8.45. The predicted molar refractivity (Wildman–Crippen MR) is 51.2 cm³/mol. The summed E-state index contributed by atoms with van der Waals surface area (Å²) in [5, 5.41) is 9.66. The van der Waals surface area contributed by atoms with Crippen molar-refractivity contribution in [2.75, 3.05) is 6.54 Å². The van der Waals surface area contributed by atoms with E-state index in [2.05, 4.69) is 18.7 Å². The summed E-state index contributed by atoms with van der Waals surface area (Å²) in [6.07, 6.45) is 3.37. The second-order valence-corrected chi connectivity index (χ2v) is 3.78. The molecule has 0 aromatic heterocycles. The summed E-state index contributed by atoms with van der Waals surface area (Å²) < 4.78 is 0. The van der Waals surface area contributed by atoms with Gasteiger partial charge in [-0.3, -0.25) is 4.90 Å². The standard InChI is InChI=1S/C10H21NO/c1-4-10(12)8(3)11(5-2)9-6-7-9/h8-10,12H,4-7H2,1-3H3. The summed E-state index contributed by atoms with van der Waals surface area (Å²) in [6, 6.07) is 1.11. The molecule has 0 saturated heterocycles. The van der Waals surface area contributed by atoms with Gasteiger partial charge in [-0.15, -0.1) is 0 Å². The molecule has 72 valence electrons. The van der Waals surface area contributed by atoms with Crippen molar-refractivity contribution in [2.24, 2.45) is 0 Å². The molecule has 2 atom stereocenters. The third-order valence-corrected chi connectivity index (χ3v) is 2.88. The minimum atomic E-state index is -0.148. The Morgan fingerprint density at radius 3 is 2.33 bits per heavy atom. The molecule has 0 bridgehead atoms. The molecule has 0 spiro atoms. The van der Waals surface area contributed by atoms with E-state index in [1.807, 2.05) is 6.92 Å². The van der Waals surface area contributed by atoms with Crippen molar-refractivity contribution < 1.29 is 5.11 Å². The van der Waals surface area contributed by atoms with Gasteiger partial charge in [-0.1, -0.05) is 13.8 Å². The highest BCUT2D eigenvalue weighted by Crippen LogP contribution is 2.29. The molecule has 1 saturated carbocycles. The minimum Gasteiger partial charge on any atom is -0.392 e. The van der Waals surface area contributed by atoms with E-state index in [-0.39, 0.29) is 6.10 Å². The van der Waals surface area contributed by atoms with E-state index < -0.39 is 0 Å². The lowest BCUT2D eigenvalue weighted by Gasteiger charge is -2.30. The third kappa shape index (κ3) is 2.20. The third-order valence-electron chi connectivity index (χ3n) is 2.88. The number of hydrogen-bond acceptors (Lipinski definition) is 2. The average molecular weight is 171 g/mol. The molecule has 1 aliphatic rings. The zero-order valence-electron chi connectivity index (χ0n) is 8.45. The fourth-order valence-corrected chi connectivity index (χ4v) is 1.85. The first-order valence-electron chi connectivity index (χ1n) is 5.14. The van der Waals surface area contributed by atoms with Gasteiger partial charge < -0.3 is 5.11 Å². The van der Waals surface area contributed by atoms with Gasteiger partial charge >= 0.3 is 0 Å². The molecular weight excluding hydrogens is 150 g/mol. The van der Waals surface area contributed by atoms with Gasteiger partial charge in [-0.25, -0.2) is 0 Å². The normalized spacial score (nSPS) is 22.8. The van der Waals surface area contributed by atoms with Crippen LogP contribution in [-0.4, -0.2) is 34.7 Å². The Labute approximate surface area is 75.6 Å². The van der Waals surface area contributed by atoms with Crippen LogP contribution in [0.4, 0.5) is 0 Å². The fourth-order valence-electron chi connectivity index (χ4n) is 1.85. The van der Waals surface area contributed by atoms with Crippen molar-refractivity contribution in [1.82, 2.24) is 4.90 Å². The van der Waals surface area contributed by atoms with Crippen LogP contribution in [0.1, 0.15) is 40.0 Å². The second-order valence-electron chi connectivity index (χ2n) is 3.78. The lowest BCUT2D eigenvalue weighted by molar-refractivity contribution is 0.0542. The Kier molecular flexibility index (Phi) is 3.53.